The predicted molar refractivity (Wildman–Crippen MR) is 131 cm³/mol. The molecule has 3 amide bonds. The molecule has 0 aromatic heterocycles. The number of hydrogen-bond acceptors (Lipinski definition) is 4. The van der Waals surface area contributed by atoms with Gasteiger partial charge in [-0.1, -0.05) is 68.8 Å². The molecule has 2 aromatic carbocycles. The summed E-state index contributed by atoms with van der Waals surface area (Å²) in [5, 5.41) is 7.74. The zero-order valence-corrected chi connectivity index (χ0v) is 19.0. The van der Waals surface area contributed by atoms with Crippen LogP contribution in [0, 0.1) is 0 Å². The first kappa shape index (κ1) is 26.6. The first-order chi connectivity index (χ1) is 15.4. The number of aryl methyl sites for hydroxylation is 1. The standard InChI is InChI=1S/C22H25N3O4.C3H8.3H2/c1-16(20(27)23-14-15-26)24-22(29)19(13-12-17-8-4-2-5-9-17)25-21(28)18-10-6-3-7-11-18;1-3-2;;;/h2-11,15-16,19H,12-14H2,1H3,(H,23,27)(H,24,29)(H,25,28);3H2,1-2H3;3*1H/t16-,19+;;;;/m0..../s1. The van der Waals surface area contributed by atoms with E-state index in [-0.39, 0.29) is 16.7 Å². The molecule has 0 fully saturated rings. The molecule has 0 radical (unpaired) electrons. The lowest BCUT2D eigenvalue weighted by atomic mass is 10.0. The third kappa shape index (κ3) is 10.0. The Hall–Kier alpha value is -3.48. The van der Waals surface area contributed by atoms with Crippen molar-refractivity contribution >= 4 is 24.0 Å². The number of aldehydes is 1. The van der Waals surface area contributed by atoms with Crippen LogP contribution in [0.1, 0.15) is 53.8 Å². The largest absolute Gasteiger partial charge is 0.348 e. The number of hydrogen-bond donors (Lipinski definition) is 3. The smallest absolute Gasteiger partial charge is 0.251 e. The fourth-order valence-corrected chi connectivity index (χ4v) is 2.73. The molecule has 0 unspecified atom stereocenters. The summed E-state index contributed by atoms with van der Waals surface area (Å²) >= 11 is 0. The van der Waals surface area contributed by atoms with Gasteiger partial charge in [0.1, 0.15) is 18.4 Å². The van der Waals surface area contributed by atoms with E-state index in [1.54, 1.807) is 30.3 Å². The number of nitrogens with one attached hydrogen (secondary N) is 3. The molecular formula is C25H39N3O4. The number of carbonyl (C=O) groups is 4. The Morgan fingerprint density at radius 3 is 2.03 bits per heavy atom. The van der Waals surface area contributed by atoms with E-state index >= 15 is 0 Å². The second kappa shape index (κ2) is 15.3. The van der Waals surface area contributed by atoms with Crippen LogP contribution < -0.4 is 16.0 Å². The summed E-state index contributed by atoms with van der Waals surface area (Å²) in [5.74, 6) is -1.29. The summed E-state index contributed by atoms with van der Waals surface area (Å²) in [6.07, 6.45) is 2.77. The lowest BCUT2D eigenvalue weighted by Crippen LogP contribution is -2.53. The van der Waals surface area contributed by atoms with Crippen LogP contribution in [0.5, 0.6) is 0 Å². The van der Waals surface area contributed by atoms with Crippen molar-refractivity contribution in [1.82, 2.24) is 16.0 Å². The number of benzene rings is 2. The van der Waals surface area contributed by atoms with E-state index in [4.69, 9.17) is 0 Å². The molecule has 32 heavy (non-hydrogen) atoms. The monoisotopic (exact) mass is 445 g/mol. The Labute approximate surface area is 194 Å². The number of amides is 3. The van der Waals surface area contributed by atoms with E-state index in [2.05, 4.69) is 29.8 Å². The first-order valence-corrected chi connectivity index (χ1v) is 10.8. The van der Waals surface area contributed by atoms with Gasteiger partial charge >= 0.3 is 0 Å². The minimum absolute atomic E-state index is 0. The summed E-state index contributed by atoms with van der Waals surface area (Å²) in [4.78, 5) is 47.6. The van der Waals surface area contributed by atoms with Gasteiger partial charge in [0.05, 0.1) is 6.54 Å². The van der Waals surface area contributed by atoms with E-state index in [0.29, 0.717) is 24.7 Å². The van der Waals surface area contributed by atoms with Crippen LogP contribution in [0.2, 0.25) is 0 Å². The maximum absolute atomic E-state index is 12.7. The Balaban J connectivity index is -0.00000162. The van der Waals surface area contributed by atoms with Crippen LogP contribution >= 0.6 is 0 Å². The highest BCUT2D eigenvalue weighted by atomic mass is 16.2. The lowest BCUT2D eigenvalue weighted by Gasteiger charge is -2.21. The normalized spacial score (nSPS) is 11.7. The zero-order chi connectivity index (χ0) is 23.8. The molecule has 0 aliphatic carbocycles. The molecule has 0 spiro atoms. The molecule has 178 valence electrons. The Bertz CT molecular complexity index is 856. The van der Waals surface area contributed by atoms with Gasteiger partial charge in [0, 0.05) is 9.84 Å². The summed E-state index contributed by atoms with van der Waals surface area (Å²) in [5.41, 5.74) is 1.48. The van der Waals surface area contributed by atoms with Crippen molar-refractivity contribution in [3.8, 4) is 0 Å². The van der Waals surface area contributed by atoms with Gasteiger partial charge in [0.25, 0.3) is 5.91 Å². The number of rotatable bonds is 10. The fraction of sp³-hybridized carbons (Fsp3) is 0.360. The van der Waals surface area contributed by atoms with Gasteiger partial charge in [-0.25, -0.2) is 0 Å². The summed E-state index contributed by atoms with van der Waals surface area (Å²) in [6.45, 7) is 5.65. The molecule has 2 atom stereocenters. The molecule has 7 nitrogen and oxygen atoms in total. The van der Waals surface area contributed by atoms with Crippen molar-refractivity contribution in [2.24, 2.45) is 0 Å². The SMILES string of the molecule is CCC.C[C@H](NC(=O)[C@@H](CCc1ccccc1)NC(=O)c1ccccc1)C(=O)NCC=O.[HH].[HH].[HH]. The molecule has 2 rings (SSSR count). The van der Waals surface area contributed by atoms with Gasteiger partial charge in [-0.15, -0.1) is 0 Å². The van der Waals surface area contributed by atoms with Crippen LogP contribution in [-0.2, 0) is 20.8 Å². The van der Waals surface area contributed by atoms with Gasteiger partial charge < -0.3 is 20.7 Å². The van der Waals surface area contributed by atoms with Crippen molar-refractivity contribution in [3.05, 3.63) is 71.8 Å². The topological polar surface area (TPSA) is 104 Å². The average Bonchev–Trinajstić information content (AvgIpc) is 2.81. The van der Waals surface area contributed by atoms with E-state index < -0.39 is 23.9 Å². The quantitative estimate of drug-likeness (QED) is 0.488. The van der Waals surface area contributed by atoms with Crippen LogP contribution in [-0.4, -0.2) is 42.6 Å². The van der Waals surface area contributed by atoms with Gasteiger partial charge in [-0.05, 0) is 37.5 Å². The molecular weight excluding hydrogens is 406 g/mol. The summed E-state index contributed by atoms with van der Waals surface area (Å²) < 4.78 is 0. The van der Waals surface area contributed by atoms with E-state index in [9.17, 15) is 19.2 Å². The Morgan fingerprint density at radius 2 is 1.47 bits per heavy atom. The molecule has 7 heteroatoms. The molecule has 0 aliphatic rings. The second-order valence-electron chi connectivity index (χ2n) is 7.27. The molecule has 0 heterocycles. The first-order valence-electron chi connectivity index (χ1n) is 10.8. The lowest BCUT2D eigenvalue weighted by molar-refractivity contribution is -0.129. The van der Waals surface area contributed by atoms with Crippen molar-refractivity contribution < 1.29 is 23.5 Å². The molecule has 0 saturated carbocycles. The minimum atomic E-state index is -0.838. The molecule has 0 bridgehead atoms. The minimum Gasteiger partial charge on any atom is -0.348 e. The van der Waals surface area contributed by atoms with E-state index in [1.807, 2.05) is 30.3 Å². The number of carbonyl (C=O) groups excluding carboxylic acids is 4. The van der Waals surface area contributed by atoms with Gasteiger partial charge in [-0.3, -0.25) is 14.4 Å². The van der Waals surface area contributed by atoms with Crippen molar-refractivity contribution in [2.75, 3.05) is 6.54 Å². The summed E-state index contributed by atoms with van der Waals surface area (Å²) in [7, 11) is 0. The van der Waals surface area contributed by atoms with Crippen LogP contribution in [0.25, 0.3) is 0 Å². The Kier molecular flexibility index (Phi) is 12.7. The molecule has 3 N–H and O–H groups in total. The van der Waals surface area contributed by atoms with E-state index in [0.717, 1.165) is 5.56 Å². The molecule has 0 saturated heterocycles. The van der Waals surface area contributed by atoms with Crippen LogP contribution in [0.4, 0.5) is 0 Å². The van der Waals surface area contributed by atoms with Crippen molar-refractivity contribution in [1.29, 1.82) is 0 Å². The maximum Gasteiger partial charge on any atom is 0.251 e. The zero-order valence-electron chi connectivity index (χ0n) is 19.0. The third-order valence-corrected chi connectivity index (χ3v) is 4.33. The average molecular weight is 446 g/mol. The van der Waals surface area contributed by atoms with Gasteiger partial charge in [0.15, 0.2) is 0 Å². The Morgan fingerprint density at radius 1 is 0.906 bits per heavy atom. The van der Waals surface area contributed by atoms with Gasteiger partial charge in [-0.2, -0.15) is 0 Å². The maximum atomic E-state index is 12.7. The predicted octanol–water partition coefficient (Wildman–Crippen LogP) is 3.39. The van der Waals surface area contributed by atoms with Crippen molar-refractivity contribution in [2.45, 2.75) is 52.1 Å². The summed E-state index contributed by atoms with van der Waals surface area (Å²) in [6, 6.07) is 16.6. The molecule has 2 aromatic rings. The second-order valence-corrected chi connectivity index (χ2v) is 7.27. The van der Waals surface area contributed by atoms with Crippen LogP contribution in [0.15, 0.2) is 60.7 Å². The highest BCUT2D eigenvalue weighted by Gasteiger charge is 2.24. The third-order valence-electron chi connectivity index (χ3n) is 4.33. The van der Waals surface area contributed by atoms with Crippen molar-refractivity contribution in [3.63, 3.8) is 0 Å². The van der Waals surface area contributed by atoms with Gasteiger partial charge in [0.2, 0.25) is 11.8 Å². The van der Waals surface area contributed by atoms with Crippen LogP contribution in [0.3, 0.4) is 0 Å². The van der Waals surface area contributed by atoms with E-state index in [1.165, 1.54) is 13.3 Å². The fourth-order valence-electron chi connectivity index (χ4n) is 2.73. The molecule has 0 aliphatic heterocycles. The highest BCUT2D eigenvalue weighted by molar-refractivity contribution is 5.98. The highest BCUT2D eigenvalue weighted by Crippen LogP contribution is 2.07.